The summed E-state index contributed by atoms with van der Waals surface area (Å²) in [5.41, 5.74) is 2.12. The second-order valence-electron chi connectivity index (χ2n) is 4.29. The lowest BCUT2D eigenvalue weighted by Gasteiger charge is -2.02. The molecule has 3 aromatic rings. The van der Waals surface area contributed by atoms with Gasteiger partial charge in [0.1, 0.15) is 0 Å². The van der Waals surface area contributed by atoms with Crippen molar-refractivity contribution >= 4 is 23.0 Å². The minimum absolute atomic E-state index is 0.228. The van der Waals surface area contributed by atoms with Gasteiger partial charge in [-0.1, -0.05) is 17.7 Å². The Kier molecular flexibility index (Phi) is 3.35. The van der Waals surface area contributed by atoms with Crippen molar-refractivity contribution in [2.24, 2.45) is 0 Å². The molecule has 1 amide bonds. The van der Waals surface area contributed by atoms with Crippen molar-refractivity contribution in [1.82, 2.24) is 19.9 Å². The van der Waals surface area contributed by atoms with Crippen LogP contribution in [0.1, 0.15) is 16.1 Å². The van der Waals surface area contributed by atoms with E-state index in [1.54, 1.807) is 35.2 Å². The van der Waals surface area contributed by atoms with Crippen molar-refractivity contribution in [3.05, 3.63) is 65.2 Å². The number of nitrogens with one attached hydrogen (secondary N) is 1. The van der Waals surface area contributed by atoms with Gasteiger partial charge in [-0.25, -0.2) is 4.52 Å². The number of nitrogens with zero attached hydrogens (tertiary/aromatic N) is 3. The SMILES string of the molecule is O=C(NCc1cccnc1)c1cc2ccc(Cl)cn2n1. The zero-order valence-electron chi connectivity index (χ0n) is 10.5. The third kappa shape index (κ3) is 2.62. The summed E-state index contributed by atoms with van der Waals surface area (Å²) in [5, 5.41) is 7.57. The number of carbonyl (C=O) groups excluding carboxylic acids is 1. The van der Waals surface area contributed by atoms with Crippen LogP contribution in [0.4, 0.5) is 0 Å². The van der Waals surface area contributed by atoms with E-state index in [1.807, 2.05) is 18.2 Å². The van der Waals surface area contributed by atoms with Gasteiger partial charge in [-0.3, -0.25) is 9.78 Å². The van der Waals surface area contributed by atoms with Crippen molar-refractivity contribution < 1.29 is 4.79 Å². The summed E-state index contributed by atoms with van der Waals surface area (Å²) in [5.74, 6) is -0.228. The number of halogens is 1. The lowest BCUT2D eigenvalue weighted by molar-refractivity contribution is 0.0945. The summed E-state index contributed by atoms with van der Waals surface area (Å²) in [4.78, 5) is 16.0. The van der Waals surface area contributed by atoms with Crippen LogP contribution in [-0.2, 0) is 6.54 Å². The lowest BCUT2D eigenvalue weighted by Crippen LogP contribution is -2.23. The van der Waals surface area contributed by atoms with Gasteiger partial charge in [0.2, 0.25) is 0 Å². The van der Waals surface area contributed by atoms with E-state index < -0.39 is 0 Å². The summed E-state index contributed by atoms with van der Waals surface area (Å²) in [6.07, 6.45) is 5.07. The second kappa shape index (κ2) is 5.30. The maximum atomic E-state index is 12.0. The Morgan fingerprint density at radius 1 is 1.35 bits per heavy atom. The van der Waals surface area contributed by atoms with Crippen LogP contribution in [0.15, 0.2) is 48.9 Å². The quantitative estimate of drug-likeness (QED) is 0.804. The molecule has 0 unspecified atom stereocenters. The Morgan fingerprint density at radius 3 is 3.05 bits per heavy atom. The number of amides is 1. The van der Waals surface area contributed by atoms with Crippen LogP contribution >= 0.6 is 11.6 Å². The summed E-state index contributed by atoms with van der Waals surface area (Å²) in [6.45, 7) is 0.418. The molecule has 0 saturated carbocycles. The van der Waals surface area contributed by atoms with Gasteiger partial charge in [0, 0.05) is 25.1 Å². The average Bonchev–Trinajstić information content (AvgIpc) is 2.89. The number of pyridine rings is 2. The molecule has 0 saturated heterocycles. The molecule has 6 heteroatoms. The molecule has 0 aromatic carbocycles. The number of carbonyl (C=O) groups is 1. The molecule has 0 fully saturated rings. The molecule has 0 aliphatic carbocycles. The predicted octanol–water partition coefficient (Wildman–Crippen LogP) is 2.31. The van der Waals surface area contributed by atoms with E-state index in [0.717, 1.165) is 11.1 Å². The maximum absolute atomic E-state index is 12.0. The van der Waals surface area contributed by atoms with Gasteiger partial charge in [0.05, 0.1) is 10.5 Å². The van der Waals surface area contributed by atoms with Gasteiger partial charge < -0.3 is 5.32 Å². The molecule has 1 N–H and O–H groups in total. The molecular weight excluding hydrogens is 276 g/mol. The summed E-state index contributed by atoms with van der Waals surface area (Å²) in [7, 11) is 0. The van der Waals surface area contributed by atoms with Crippen LogP contribution in [0.3, 0.4) is 0 Å². The van der Waals surface area contributed by atoms with Crippen LogP contribution in [0, 0.1) is 0 Å². The molecule has 20 heavy (non-hydrogen) atoms. The first-order chi connectivity index (χ1) is 9.72. The van der Waals surface area contributed by atoms with E-state index in [2.05, 4.69) is 15.4 Å². The lowest BCUT2D eigenvalue weighted by atomic mass is 10.3. The molecule has 5 nitrogen and oxygen atoms in total. The minimum atomic E-state index is -0.228. The fraction of sp³-hybridized carbons (Fsp3) is 0.0714. The van der Waals surface area contributed by atoms with Gasteiger partial charge in [-0.2, -0.15) is 5.10 Å². The molecule has 0 atom stereocenters. The van der Waals surface area contributed by atoms with Crippen LogP contribution in [0.25, 0.3) is 5.52 Å². The summed E-state index contributed by atoms with van der Waals surface area (Å²) in [6, 6.07) is 9.02. The van der Waals surface area contributed by atoms with Crippen molar-refractivity contribution in [3.63, 3.8) is 0 Å². The van der Waals surface area contributed by atoms with Crippen LogP contribution in [0.5, 0.6) is 0 Å². The standard InChI is InChI=1S/C14H11ClN4O/c15-11-3-4-12-6-13(18-19(12)9-11)14(20)17-8-10-2-1-5-16-7-10/h1-7,9H,8H2,(H,17,20). The topological polar surface area (TPSA) is 59.3 Å². The van der Waals surface area contributed by atoms with E-state index in [0.29, 0.717) is 17.3 Å². The second-order valence-corrected chi connectivity index (χ2v) is 4.73. The first kappa shape index (κ1) is 12.6. The molecule has 3 rings (SSSR count). The molecule has 0 bridgehead atoms. The van der Waals surface area contributed by atoms with E-state index >= 15 is 0 Å². The summed E-state index contributed by atoms with van der Waals surface area (Å²) < 4.78 is 1.58. The van der Waals surface area contributed by atoms with Crippen LogP contribution in [-0.4, -0.2) is 20.5 Å². The predicted molar refractivity (Wildman–Crippen MR) is 75.6 cm³/mol. The highest BCUT2D eigenvalue weighted by molar-refractivity contribution is 6.30. The highest BCUT2D eigenvalue weighted by atomic mass is 35.5. The van der Waals surface area contributed by atoms with Gasteiger partial charge in [-0.05, 0) is 29.8 Å². The molecule has 3 aromatic heterocycles. The third-order valence-electron chi connectivity index (χ3n) is 2.83. The van der Waals surface area contributed by atoms with E-state index in [-0.39, 0.29) is 5.91 Å². The summed E-state index contributed by atoms with van der Waals surface area (Å²) >= 11 is 5.88. The number of hydrogen-bond donors (Lipinski definition) is 1. The Bertz CT molecular complexity index is 754. The largest absolute Gasteiger partial charge is 0.347 e. The molecular formula is C14H11ClN4O. The normalized spacial score (nSPS) is 10.7. The fourth-order valence-electron chi connectivity index (χ4n) is 1.85. The van der Waals surface area contributed by atoms with Crippen molar-refractivity contribution in [2.45, 2.75) is 6.54 Å². The van der Waals surface area contributed by atoms with E-state index in [4.69, 9.17) is 11.6 Å². The van der Waals surface area contributed by atoms with Gasteiger partial charge in [0.25, 0.3) is 5.91 Å². The first-order valence-electron chi connectivity index (χ1n) is 6.04. The monoisotopic (exact) mass is 286 g/mol. The highest BCUT2D eigenvalue weighted by Gasteiger charge is 2.10. The van der Waals surface area contributed by atoms with Crippen molar-refractivity contribution in [1.29, 1.82) is 0 Å². The van der Waals surface area contributed by atoms with E-state index in [9.17, 15) is 4.79 Å². The third-order valence-corrected chi connectivity index (χ3v) is 3.06. The zero-order valence-corrected chi connectivity index (χ0v) is 11.2. The molecule has 0 spiro atoms. The van der Waals surface area contributed by atoms with Gasteiger partial charge >= 0.3 is 0 Å². The molecule has 0 aliphatic rings. The van der Waals surface area contributed by atoms with Gasteiger partial charge in [-0.15, -0.1) is 0 Å². The zero-order chi connectivity index (χ0) is 13.9. The Balaban J connectivity index is 1.75. The first-order valence-corrected chi connectivity index (χ1v) is 6.42. The molecule has 0 radical (unpaired) electrons. The number of rotatable bonds is 3. The number of aromatic nitrogens is 3. The van der Waals surface area contributed by atoms with Crippen LogP contribution in [0.2, 0.25) is 5.02 Å². The van der Waals surface area contributed by atoms with Crippen molar-refractivity contribution in [2.75, 3.05) is 0 Å². The van der Waals surface area contributed by atoms with E-state index in [1.165, 1.54) is 0 Å². The van der Waals surface area contributed by atoms with Gasteiger partial charge in [0.15, 0.2) is 5.69 Å². The number of hydrogen-bond acceptors (Lipinski definition) is 3. The molecule has 0 aliphatic heterocycles. The molecule has 3 heterocycles. The smallest absolute Gasteiger partial charge is 0.272 e. The fourth-order valence-corrected chi connectivity index (χ4v) is 2.00. The average molecular weight is 287 g/mol. The number of fused-ring (bicyclic) bond motifs is 1. The minimum Gasteiger partial charge on any atom is -0.347 e. The Labute approximate surface area is 120 Å². The van der Waals surface area contributed by atoms with Crippen molar-refractivity contribution in [3.8, 4) is 0 Å². The Morgan fingerprint density at radius 2 is 2.25 bits per heavy atom. The Hall–Kier alpha value is -2.40. The molecule has 100 valence electrons. The van der Waals surface area contributed by atoms with Crippen LogP contribution < -0.4 is 5.32 Å². The highest BCUT2D eigenvalue weighted by Crippen LogP contribution is 2.12. The maximum Gasteiger partial charge on any atom is 0.272 e.